The highest BCUT2D eigenvalue weighted by Gasteiger charge is 2.17. The van der Waals surface area contributed by atoms with E-state index < -0.39 is 0 Å². The third kappa shape index (κ3) is 3.58. The molecule has 1 atom stereocenters. The van der Waals surface area contributed by atoms with Crippen LogP contribution in [-0.2, 0) is 9.53 Å². The zero-order valence-corrected chi connectivity index (χ0v) is 7.45. The average Bonchev–Trinajstić information content (AvgIpc) is 2.40. The maximum Gasteiger partial charge on any atom is 0.305 e. The van der Waals surface area contributed by atoms with Crippen molar-refractivity contribution in [2.75, 3.05) is 20.2 Å². The first kappa shape index (κ1) is 10.7. The number of carbonyl (C=O) groups is 1. The molecule has 0 aliphatic carbocycles. The van der Waals surface area contributed by atoms with Gasteiger partial charge in [0.05, 0.1) is 7.11 Å². The van der Waals surface area contributed by atoms with Crippen LogP contribution in [0.2, 0.25) is 0 Å². The molecule has 4 heteroatoms. The molecule has 1 aliphatic heterocycles. The Morgan fingerprint density at radius 2 is 2.45 bits per heavy atom. The van der Waals surface area contributed by atoms with Crippen LogP contribution in [0.5, 0.6) is 0 Å². The normalized spacial score (nSPS) is 22.5. The number of nitrogens with one attached hydrogen (secondary N) is 1. The van der Waals surface area contributed by atoms with Gasteiger partial charge in [-0.05, 0) is 25.4 Å². The number of rotatable bonds is 2. The van der Waals surface area contributed by atoms with Gasteiger partial charge < -0.3 is 10.1 Å². The van der Waals surface area contributed by atoms with Crippen LogP contribution >= 0.6 is 12.4 Å². The van der Waals surface area contributed by atoms with Gasteiger partial charge in [0.15, 0.2) is 0 Å². The molecule has 66 valence electrons. The van der Waals surface area contributed by atoms with Crippen molar-refractivity contribution in [3.8, 4) is 0 Å². The summed E-state index contributed by atoms with van der Waals surface area (Å²) in [5.41, 5.74) is 0. The summed E-state index contributed by atoms with van der Waals surface area (Å²) in [6.45, 7) is 2.01. The molecule has 11 heavy (non-hydrogen) atoms. The topological polar surface area (TPSA) is 38.3 Å². The first-order chi connectivity index (χ1) is 4.83. The first-order valence-corrected chi connectivity index (χ1v) is 3.60. The SMILES string of the molecule is COC(=O)C[C@@H]1CCNC1.Cl. The molecule has 0 unspecified atom stereocenters. The van der Waals surface area contributed by atoms with Gasteiger partial charge >= 0.3 is 5.97 Å². The zero-order valence-electron chi connectivity index (χ0n) is 6.63. The van der Waals surface area contributed by atoms with Gasteiger partial charge in [0, 0.05) is 6.42 Å². The molecule has 0 aromatic rings. The Kier molecular flexibility index (Phi) is 5.24. The molecule has 0 amide bonds. The van der Waals surface area contributed by atoms with Crippen molar-refractivity contribution in [2.24, 2.45) is 5.92 Å². The Morgan fingerprint density at radius 3 is 2.91 bits per heavy atom. The average molecular weight is 180 g/mol. The largest absolute Gasteiger partial charge is 0.469 e. The molecule has 1 fully saturated rings. The number of carbonyl (C=O) groups excluding carboxylic acids is 1. The monoisotopic (exact) mass is 179 g/mol. The highest BCUT2D eigenvalue weighted by atomic mass is 35.5. The van der Waals surface area contributed by atoms with Crippen molar-refractivity contribution in [2.45, 2.75) is 12.8 Å². The van der Waals surface area contributed by atoms with E-state index in [2.05, 4.69) is 10.1 Å². The van der Waals surface area contributed by atoms with E-state index in [0.717, 1.165) is 19.5 Å². The lowest BCUT2D eigenvalue weighted by atomic mass is 10.1. The fourth-order valence-electron chi connectivity index (χ4n) is 1.21. The summed E-state index contributed by atoms with van der Waals surface area (Å²) in [4.78, 5) is 10.7. The molecule has 1 N–H and O–H groups in total. The lowest BCUT2D eigenvalue weighted by molar-refractivity contribution is -0.141. The van der Waals surface area contributed by atoms with Crippen LogP contribution in [0.25, 0.3) is 0 Å². The predicted octanol–water partition coefficient (Wildman–Crippen LogP) is 0.581. The maximum atomic E-state index is 10.7. The van der Waals surface area contributed by atoms with E-state index in [1.165, 1.54) is 7.11 Å². The van der Waals surface area contributed by atoms with Crippen LogP contribution < -0.4 is 5.32 Å². The molecule has 0 aromatic carbocycles. The number of hydrogen-bond donors (Lipinski definition) is 1. The Labute approximate surface area is 72.9 Å². The van der Waals surface area contributed by atoms with E-state index >= 15 is 0 Å². The van der Waals surface area contributed by atoms with Gasteiger partial charge in [0.2, 0.25) is 0 Å². The Hall–Kier alpha value is -0.280. The van der Waals surface area contributed by atoms with Gasteiger partial charge in [0.1, 0.15) is 0 Å². The third-order valence-electron chi connectivity index (χ3n) is 1.85. The van der Waals surface area contributed by atoms with Crippen LogP contribution in [0.4, 0.5) is 0 Å². The second-order valence-electron chi connectivity index (χ2n) is 2.64. The molecular weight excluding hydrogens is 166 g/mol. The van der Waals surface area contributed by atoms with E-state index in [4.69, 9.17) is 0 Å². The highest BCUT2D eigenvalue weighted by molar-refractivity contribution is 5.85. The number of methoxy groups -OCH3 is 1. The van der Waals surface area contributed by atoms with Crippen LogP contribution in [0.1, 0.15) is 12.8 Å². The summed E-state index contributed by atoms with van der Waals surface area (Å²) in [6, 6.07) is 0. The van der Waals surface area contributed by atoms with Crippen LogP contribution in [0.15, 0.2) is 0 Å². The zero-order chi connectivity index (χ0) is 7.40. The molecule has 0 spiro atoms. The minimum Gasteiger partial charge on any atom is -0.469 e. The van der Waals surface area contributed by atoms with Crippen LogP contribution in [0.3, 0.4) is 0 Å². The summed E-state index contributed by atoms with van der Waals surface area (Å²) < 4.78 is 4.55. The first-order valence-electron chi connectivity index (χ1n) is 3.60. The molecule has 0 saturated carbocycles. The van der Waals surface area contributed by atoms with Gasteiger partial charge in [-0.3, -0.25) is 4.79 Å². The summed E-state index contributed by atoms with van der Waals surface area (Å²) in [6.07, 6.45) is 1.68. The van der Waals surface area contributed by atoms with Gasteiger partial charge in [0.25, 0.3) is 0 Å². The smallest absolute Gasteiger partial charge is 0.305 e. The third-order valence-corrected chi connectivity index (χ3v) is 1.85. The van der Waals surface area contributed by atoms with Crippen molar-refractivity contribution in [1.82, 2.24) is 5.32 Å². The fourth-order valence-corrected chi connectivity index (χ4v) is 1.21. The summed E-state index contributed by atoms with van der Waals surface area (Å²) in [7, 11) is 1.44. The summed E-state index contributed by atoms with van der Waals surface area (Å²) in [5, 5.41) is 3.19. The molecule has 3 nitrogen and oxygen atoms in total. The molecule has 1 rings (SSSR count). The Bertz CT molecular complexity index is 124. The molecule has 1 saturated heterocycles. The van der Waals surface area contributed by atoms with Crippen molar-refractivity contribution >= 4 is 18.4 Å². The molecule has 0 aromatic heterocycles. The number of esters is 1. The molecule has 0 bridgehead atoms. The van der Waals surface area contributed by atoms with Gasteiger partial charge in [-0.15, -0.1) is 12.4 Å². The van der Waals surface area contributed by atoms with Crippen molar-refractivity contribution in [3.05, 3.63) is 0 Å². The van der Waals surface area contributed by atoms with E-state index in [0.29, 0.717) is 12.3 Å². The van der Waals surface area contributed by atoms with E-state index in [-0.39, 0.29) is 18.4 Å². The van der Waals surface area contributed by atoms with Gasteiger partial charge in [-0.25, -0.2) is 0 Å². The fraction of sp³-hybridized carbons (Fsp3) is 0.857. The van der Waals surface area contributed by atoms with E-state index in [1.54, 1.807) is 0 Å². The van der Waals surface area contributed by atoms with Gasteiger partial charge in [-0.1, -0.05) is 0 Å². The van der Waals surface area contributed by atoms with Crippen LogP contribution in [-0.4, -0.2) is 26.2 Å². The minimum absolute atomic E-state index is 0. The summed E-state index contributed by atoms with van der Waals surface area (Å²) >= 11 is 0. The standard InChI is InChI=1S/C7H13NO2.ClH/c1-10-7(9)4-6-2-3-8-5-6;/h6,8H,2-5H2,1H3;1H/t6-;/m0./s1. The highest BCUT2D eigenvalue weighted by Crippen LogP contribution is 2.11. The van der Waals surface area contributed by atoms with Gasteiger partial charge in [-0.2, -0.15) is 0 Å². The van der Waals surface area contributed by atoms with E-state index in [9.17, 15) is 4.79 Å². The molecule has 1 aliphatic rings. The quantitative estimate of drug-likeness (QED) is 0.631. The Balaban J connectivity index is 0.000001000. The maximum absolute atomic E-state index is 10.7. The van der Waals surface area contributed by atoms with Crippen molar-refractivity contribution < 1.29 is 9.53 Å². The lowest BCUT2D eigenvalue weighted by Gasteiger charge is -2.04. The number of hydrogen-bond acceptors (Lipinski definition) is 3. The second kappa shape index (κ2) is 5.38. The van der Waals surface area contributed by atoms with Crippen LogP contribution in [0, 0.1) is 5.92 Å². The molecular formula is C7H14ClNO2. The van der Waals surface area contributed by atoms with E-state index in [1.807, 2.05) is 0 Å². The van der Waals surface area contributed by atoms with Crippen molar-refractivity contribution in [1.29, 1.82) is 0 Å². The molecule has 0 radical (unpaired) electrons. The number of ether oxygens (including phenoxy) is 1. The Morgan fingerprint density at radius 1 is 1.73 bits per heavy atom. The molecule has 1 heterocycles. The number of halogens is 1. The van der Waals surface area contributed by atoms with Crippen molar-refractivity contribution in [3.63, 3.8) is 0 Å². The minimum atomic E-state index is -0.0892. The second-order valence-corrected chi connectivity index (χ2v) is 2.64. The lowest BCUT2D eigenvalue weighted by Crippen LogP contribution is -2.13. The summed E-state index contributed by atoms with van der Waals surface area (Å²) in [5.74, 6) is 0.418. The predicted molar refractivity (Wildman–Crippen MR) is 44.9 cm³/mol.